The van der Waals surface area contributed by atoms with E-state index < -0.39 is 10.0 Å². The number of anilines is 1. The molecule has 0 unspecified atom stereocenters. The Labute approximate surface area is 139 Å². The van der Waals surface area contributed by atoms with Gasteiger partial charge >= 0.3 is 0 Å². The highest BCUT2D eigenvalue weighted by molar-refractivity contribution is 7.93. The van der Waals surface area contributed by atoms with Gasteiger partial charge < -0.3 is 5.32 Å². The SMILES string of the molecule is Cc1nc(CNC(=O)c2cccc(N3CCCS3(=O)=O)c2)cs1. The van der Waals surface area contributed by atoms with Crippen molar-refractivity contribution >= 4 is 33.0 Å². The summed E-state index contributed by atoms with van der Waals surface area (Å²) in [7, 11) is -3.24. The number of rotatable bonds is 4. The molecule has 1 aromatic carbocycles. The molecule has 23 heavy (non-hydrogen) atoms. The van der Waals surface area contributed by atoms with Crippen LogP contribution in [-0.2, 0) is 16.6 Å². The number of carbonyl (C=O) groups excluding carboxylic acids is 1. The van der Waals surface area contributed by atoms with Crippen LogP contribution in [0, 0.1) is 6.92 Å². The van der Waals surface area contributed by atoms with Gasteiger partial charge in [-0.15, -0.1) is 11.3 Å². The molecule has 0 saturated carbocycles. The van der Waals surface area contributed by atoms with Gasteiger partial charge in [0, 0.05) is 17.5 Å². The van der Waals surface area contributed by atoms with Crippen molar-refractivity contribution in [3.05, 3.63) is 45.9 Å². The van der Waals surface area contributed by atoms with Gasteiger partial charge in [0.15, 0.2) is 0 Å². The van der Waals surface area contributed by atoms with Crippen molar-refractivity contribution in [2.24, 2.45) is 0 Å². The molecule has 2 aromatic rings. The number of nitrogens with zero attached hydrogens (tertiary/aromatic N) is 2. The predicted octanol–water partition coefficient (Wildman–Crippen LogP) is 1.92. The van der Waals surface area contributed by atoms with E-state index in [1.807, 2.05) is 12.3 Å². The Bertz CT molecular complexity index is 830. The molecular formula is C15H17N3O3S2. The Hall–Kier alpha value is -1.93. The number of nitrogens with one attached hydrogen (secondary N) is 1. The largest absolute Gasteiger partial charge is 0.346 e. The Morgan fingerprint density at radius 3 is 2.91 bits per heavy atom. The molecule has 8 heteroatoms. The predicted molar refractivity (Wildman–Crippen MR) is 90.2 cm³/mol. The Morgan fingerprint density at radius 1 is 1.43 bits per heavy atom. The average molecular weight is 351 g/mol. The summed E-state index contributed by atoms with van der Waals surface area (Å²) in [5.74, 6) is -0.0822. The van der Waals surface area contributed by atoms with Crippen molar-refractivity contribution in [2.75, 3.05) is 16.6 Å². The zero-order valence-electron chi connectivity index (χ0n) is 12.7. The second kappa shape index (κ2) is 6.29. The molecule has 2 heterocycles. The van der Waals surface area contributed by atoms with Crippen molar-refractivity contribution in [3.8, 4) is 0 Å². The summed E-state index contributed by atoms with van der Waals surface area (Å²) in [5, 5.41) is 5.66. The van der Waals surface area contributed by atoms with E-state index in [1.54, 1.807) is 24.3 Å². The van der Waals surface area contributed by atoms with Crippen molar-refractivity contribution < 1.29 is 13.2 Å². The van der Waals surface area contributed by atoms with Crippen LogP contribution in [0.2, 0.25) is 0 Å². The molecule has 1 N–H and O–H groups in total. The Balaban J connectivity index is 1.73. The minimum absolute atomic E-state index is 0.159. The highest BCUT2D eigenvalue weighted by Gasteiger charge is 2.28. The maximum atomic E-state index is 12.2. The number of aryl methyl sites for hydroxylation is 1. The van der Waals surface area contributed by atoms with Gasteiger partial charge in [-0.05, 0) is 31.5 Å². The van der Waals surface area contributed by atoms with Crippen LogP contribution in [0.4, 0.5) is 5.69 Å². The summed E-state index contributed by atoms with van der Waals surface area (Å²) in [5.41, 5.74) is 1.80. The number of aromatic nitrogens is 1. The number of hydrogen-bond acceptors (Lipinski definition) is 5. The lowest BCUT2D eigenvalue weighted by molar-refractivity contribution is 0.0950. The molecular weight excluding hydrogens is 334 g/mol. The van der Waals surface area contributed by atoms with Gasteiger partial charge in [-0.25, -0.2) is 13.4 Å². The maximum Gasteiger partial charge on any atom is 0.251 e. The summed E-state index contributed by atoms with van der Waals surface area (Å²) >= 11 is 1.54. The van der Waals surface area contributed by atoms with Gasteiger partial charge in [-0.1, -0.05) is 6.07 Å². The van der Waals surface area contributed by atoms with Crippen LogP contribution in [0.15, 0.2) is 29.6 Å². The van der Waals surface area contributed by atoms with Crippen molar-refractivity contribution in [1.82, 2.24) is 10.3 Å². The average Bonchev–Trinajstić information content (AvgIpc) is 3.10. The van der Waals surface area contributed by atoms with Crippen LogP contribution in [0.1, 0.15) is 27.5 Å². The van der Waals surface area contributed by atoms with Crippen LogP contribution in [0.3, 0.4) is 0 Å². The number of carbonyl (C=O) groups is 1. The molecule has 1 aromatic heterocycles. The van der Waals surface area contributed by atoms with Crippen LogP contribution < -0.4 is 9.62 Å². The van der Waals surface area contributed by atoms with Gasteiger partial charge in [0.2, 0.25) is 10.0 Å². The lowest BCUT2D eigenvalue weighted by Gasteiger charge is -2.17. The van der Waals surface area contributed by atoms with Gasteiger partial charge in [-0.2, -0.15) is 0 Å². The van der Waals surface area contributed by atoms with Crippen LogP contribution >= 0.6 is 11.3 Å². The lowest BCUT2D eigenvalue weighted by atomic mass is 10.2. The van der Waals surface area contributed by atoms with Crippen molar-refractivity contribution in [1.29, 1.82) is 0 Å². The number of thiazole rings is 1. The highest BCUT2D eigenvalue weighted by atomic mass is 32.2. The number of hydrogen-bond donors (Lipinski definition) is 1. The molecule has 6 nitrogen and oxygen atoms in total. The normalized spacial score (nSPS) is 16.5. The number of benzene rings is 1. The fraction of sp³-hybridized carbons (Fsp3) is 0.333. The minimum atomic E-state index is -3.24. The molecule has 0 aliphatic carbocycles. The van der Waals surface area contributed by atoms with Gasteiger partial charge in [-0.3, -0.25) is 9.10 Å². The van der Waals surface area contributed by atoms with Crippen LogP contribution in [0.25, 0.3) is 0 Å². The molecule has 1 fully saturated rings. The number of sulfonamides is 1. The van der Waals surface area contributed by atoms with E-state index in [4.69, 9.17) is 0 Å². The zero-order chi connectivity index (χ0) is 16.4. The van der Waals surface area contributed by atoms with E-state index >= 15 is 0 Å². The minimum Gasteiger partial charge on any atom is -0.346 e. The molecule has 1 amide bonds. The maximum absolute atomic E-state index is 12.2. The first-order valence-electron chi connectivity index (χ1n) is 7.25. The monoisotopic (exact) mass is 351 g/mol. The standard InChI is InChI=1S/C15H17N3O3S2/c1-11-17-13(10-22-11)9-16-15(19)12-4-2-5-14(8-12)18-6-3-7-23(18,20)21/h2,4-5,8,10H,3,6-7,9H2,1H3,(H,16,19). The lowest BCUT2D eigenvalue weighted by Crippen LogP contribution is -2.26. The molecule has 0 radical (unpaired) electrons. The third-order valence-electron chi connectivity index (χ3n) is 3.59. The van der Waals surface area contributed by atoms with E-state index in [-0.39, 0.29) is 11.7 Å². The van der Waals surface area contributed by atoms with E-state index in [9.17, 15) is 13.2 Å². The first-order chi connectivity index (χ1) is 11.0. The molecule has 122 valence electrons. The van der Waals surface area contributed by atoms with E-state index in [0.717, 1.165) is 10.7 Å². The summed E-state index contributed by atoms with van der Waals surface area (Å²) in [6.45, 7) is 2.73. The van der Waals surface area contributed by atoms with E-state index in [0.29, 0.717) is 30.8 Å². The number of amides is 1. The molecule has 0 bridgehead atoms. The summed E-state index contributed by atoms with van der Waals surface area (Å²) in [4.78, 5) is 16.5. The zero-order valence-corrected chi connectivity index (χ0v) is 14.3. The summed E-state index contributed by atoms with van der Waals surface area (Å²) in [6.07, 6.45) is 0.613. The van der Waals surface area contributed by atoms with Gasteiger partial charge in [0.1, 0.15) is 0 Å². The molecule has 1 aliphatic heterocycles. The molecule has 3 rings (SSSR count). The Morgan fingerprint density at radius 2 is 2.26 bits per heavy atom. The highest BCUT2D eigenvalue weighted by Crippen LogP contribution is 2.24. The van der Waals surface area contributed by atoms with Gasteiger partial charge in [0.25, 0.3) is 5.91 Å². The Kier molecular flexibility index (Phi) is 4.36. The van der Waals surface area contributed by atoms with E-state index in [1.165, 1.54) is 15.6 Å². The second-order valence-electron chi connectivity index (χ2n) is 5.33. The summed E-state index contributed by atoms with van der Waals surface area (Å²) < 4.78 is 25.3. The topological polar surface area (TPSA) is 79.4 Å². The van der Waals surface area contributed by atoms with Crippen molar-refractivity contribution in [2.45, 2.75) is 19.9 Å². The molecule has 1 aliphatic rings. The van der Waals surface area contributed by atoms with Crippen LogP contribution in [0.5, 0.6) is 0 Å². The first kappa shape index (κ1) is 15.9. The fourth-order valence-corrected chi connectivity index (χ4v) is 4.66. The van der Waals surface area contributed by atoms with E-state index in [2.05, 4.69) is 10.3 Å². The smallest absolute Gasteiger partial charge is 0.251 e. The summed E-state index contributed by atoms with van der Waals surface area (Å²) in [6, 6.07) is 6.70. The second-order valence-corrected chi connectivity index (χ2v) is 8.41. The molecule has 0 spiro atoms. The molecule has 1 saturated heterocycles. The van der Waals surface area contributed by atoms with Crippen molar-refractivity contribution in [3.63, 3.8) is 0 Å². The first-order valence-corrected chi connectivity index (χ1v) is 9.74. The molecule has 0 atom stereocenters. The third kappa shape index (κ3) is 3.53. The van der Waals surface area contributed by atoms with Crippen LogP contribution in [-0.4, -0.2) is 31.6 Å². The third-order valence-corrected chi connectivity index (χ3v) is 6.28. The fourth-order valence-electron chi connectivity index (χ4n) is 2.49. The van der Waals surface area contributed by atoms with Gasteiger partial charge in [0.05, 0.1) is 28.7 Å². The quantitative estimate of drug-likeness (QED) is 0.913.